The van der Waals surface area contributed by atoms with Crippen LogP contribution in [0.15, 0.2) is 41.4 Å². The summed E-state index contributed by atoms with van der Waals surface area (Å²) in [6, 6.07) is 7.77. The van der Waals surface area contributed by atoms with Crippen LogP contribution in [0.25, 0.3) is 0 Å². The van der Waals surface area contributed by atoms with Crippen LogP contribution in [-0.2, 0) is 14.8 Å². The fourth-order valence-electron chi connectivity index (χ4n) is 2.18. The van der Waals surface area contributed by atoms with Crippen LogP contribution >= 0.6 is 23.2 Å². The second kappa shape index (κ2) is 7.25. The van der Waals surface area contributed by atoms with E-state index >= 15 is 0 Å². The van der Waals surface area contributed by atoms with Gasteiger partial charge in [-0.1, -0.05) is 23.2 Å². The van der Waals surface area contributed by atoms with E-state index in [0.717, 1.165) is 0 Å². The Morgan fingerprint density at radius 1 is 1.08 bits per heavy atom. The zero-order valence-corrected chi connectivity index (χ0v) is 14.8. The fourth-order valence-corrected chi connectivity index (χ4v) is 3.82. The number of morpholine rings is 1. The van der Waals surface area contributed by atoms with Gasteiger partial charge < -0.3 is 9.47 Å². The first-order valence-corrected chi connectivity index (χ1v) is 9.33. The van der Waals surface area contributed by atoms with E-state index in [4.69, 9.17) is 32.7 Å². The van der Waals surface area contributed by atoms with Crippen LogP contribution in [0.2, 0.25) is 10.0 Å². The predicted octanol–water partition coefficient (Wildman–Crippen LogP) is 3.20. The summed E-state index contributed by atoms with van der Waals surface area (Å²) in [6.45, 7) is 1.46. The molecule has 2 aromatic rings. The number of halogens is 2. The molecule has 3 rings (SSSR count). The molecular weight excluding hydrogens is 375 g/mol. The molecule has 2 heterocycles. The Bertz CT molecular complexity index is 822. The van der Waals surface area contributed by atoms with Gasteiger partial charge in [-0.05, 0) is 18.2 Å². The lowest BCUT2D eigenvalue weighted by Gasteiger charge is -2.25. The molecule has 0 aliphatic carbocycles. The minimum absolute atomic E-state index is 0.117. The van der Waals surface area contributed by atoms with Gasteiger partial charge in [-0.2, -0.15) is 4.31 Å². The monoisotopic (exact) mass is 388 g/mol. The summed E-state index contributed by atoms with van der Waals surface area (Å²) in [4.78, 5) is 4.17. The van der Waals surface area contributed by atoms with Crippen LogP contribution < -0.4 is 4.74 Å². The van der Waals surface area contributed by atoms with Crippen molar-refractivity contribution in [2.24, 2.45) is 0 Å². The molecule has 0 amide bonds. The number of sulfonamides is 1. The Kier molecular flexibility index (Phi) is 5.27. The minimum atomic E-state index is -3.57. The standard InChI is InChI=1S/C15H14Cl2N2O4S/c16-13-3-1-11(9-14(13)17)23-15-4-2-12(10-18-15)24(20,21)19-5-7-22-8-6-19/h1-4,9-10H,5-8H2. The highest BCUT2D eigenvalue weighted by Gasteiger charge is 2.26. The summed E-state index contributed by atoms with van der Waals surface area (Å²) >= 11 is 11.8. The largest absolute Gasteiger partial charge is 0.439 e. The van der Waals surface area contributed by atoms with Crippen LogP contribution in [0.1, 0.15) is 0 Å². The van der Waals surface area contributed by atoms with E-state index in [1.54, 1.807) is 18.2 Å². The zero-order valence-electron chi connectivity index (χ0n) is 12.5. The number of nitrogens with zero attached hydrogens (tertiary/aromatic N) is 2. The lowest BCUT2D eigenvalue weighted by atomic mass is 10.3. The molecule has 0 atom stereocenters. The van der Waals surface area contributed by atoms with Crippen LogP contribution in [0.5, 0.6) is 11.6 Å². The normalized spacial score (nSPS) is 16.1. The van der Waals surface area contributed by atoms with Gasteiger partial charge in [0.2, 0.25) is 15.9 Å². The summed E-state index contributed by atoms with van der Waals surface area (Å²) in [5.41, 5.74) is 0. The maximum atomic E-state index is 12.5. The van der Waals surface area contributed by atoms with Crippen molar-refractivity contribution in [3.05, 3.63) is 46.6 Å². The molecule has 24 heavy (non-hydrogen) atoms. The Morgan fingerprint density at radius 2 is 1.83 bits per heavy atom. The molecule has 1 aromatic carbocycles. The van der Waals surface area contributed by atoms with Crippen molar-refractivity contribution >= 4 is 33.2 Å². The minimum Gasteiger partial charge on any atom is -0.439 e. The molecule has 0 N–H and O–H groups in total. The van der Waals surface area contributed by atoms with Crippen LogP contribution in [0.4, 0.5) is 0 Å². The molecule has 1 fully saturated rings. The third kappa shape index (κ3) is 3.81. The first-order chi connectivity index (χ1) is 11.5. The number of ether oxygens (including phenoxy) is 2. The molecule has 1 aromatic heterocycles. The third-order valence-corrected chi connectivity index (χ3v) is 6.05. The van der Waals surface area contributed by atoms with Gasteiger partial charge in [0.1, 0.15) is 10.6 Å². The molecule has 0 unspecified atom stereocenters. The second-order valence-electron chi connectivity index (χ2n) is 5.03. The maximum absolute atomic E-state index is 12.5. The van der Waals surface area contributed by atoms with E-state index in [1.165, 1.54) is 22.6 Å². The molecule has 0 radical (unpaired) electrons. The summed E-state index contributed by atoms with van der Waals surface area (Å²) in [5.74, 6) is 0.718. The topological polar surface area (TPSA) is 68.7 Å². The summed E-state index contributed by atoms with van der Waals surface area (Å²) in [5, 5.41) is 0.782. The van der Waals surface area contributed by atoms with Crippen LogP contribution in [-0.4, -0.2) is 44.0 Å². The van der Waals surface area contributed by atoms with Gasteiger partial charge in [0, 0.05) is 25.2 Å². The van der Waals surface area contributed by atoms with Crippen molar-refractivity contribution in [3.63, 3.8) is 0 Å². The van der Waals surface area contributed by atoms with E-state index in [1.807, 2.05) is 0 Å². The van der Waals surface area contributed by atoms with Crippen molar-refractivity contribution in [2.45, 2.75) is 4.90 Å². The van der Waals surface area contributed by atoms with Crippen molar-refractivity contribution in [1.29, 1.82) is 0 Å². The van der Waals surface area contributed by atoms with E-state index < -0.39 is 10.0 Å². The molecule has 1 saturated heterocycles. The molecule has 9 heteroatoms. The van der Waals surface area contributed by atoms with E-state index in [9.17, 15) is 8.42 Å². The van der Waals surface area contributed by atoms with Crippen LogP contribution in [0, 0.1) is 0 Å². The molecule has 0 bridgehead atoms. The van der Waals surface area contributed by atoms with Gasteiger partial charge in [0.15, 0.2) is 0 Å². The lowest BCUT2D eigenvalue weighted by Crippen LogP contribution is -2.40. The summed E-state index contributed by atoms with van der Waals surface area (Å²) < 4.78 is 37.1. The Balaban J connectivity index is 1.76. The maximum Gasteiger partial charge on any atom is 0.244 e. The SMILES string of the molecule is O=S(=O)(c1ccc(Oc2ccc(Cl)c(Cl)c2)nc1)N1CCOCC1. The Labute approximate surface area is 150 Å². The first-order valence-electron chi connectivity index (χ1n) is 7.14. The number of benzene rings is 1. The molecule has 1 aliphatic rings. The van der Waals surface area contributed by atoms with Crippen molar-refractivity contribution in [2.75, 3.05) is 26.3 Å². The molecular formula is C15H14Cl2N2O4S. The third-order valence-electron chi connectivity index (χ3n) is 3.43. The Hall–Kier alpha value is -1.38. The van der Waals surface area contributed by atoms with Crippen molar-refractivity contribution in [1.82, 2.24) is 9.29 Å². The highest BCUT2D eigenvalue weighted by Crippen LogP contribution is 2.29. The number of hydrogen-bond acceptors (Lipinski definition) is 5. The molecule has 0 spiro atoms. The molecule has 0 saturated carbocycles. The second-order valence-corrected chi connectivity index (χ2v) is 7.78. The lowest BCUT2D eigenvalue weighted by molar-refractivity contribution is 0.0730. The fraction of sp³-hybridized carbons (Fsp3) is 0.267. The van der Waals surface area contributed by atoms with Gasteiger partial charge >= 0.3 is 0 Å². The smallest absolute Gasteiger partial charge is 0.244 e. The van der Waals surface area contributed by atoms with Gasteiger partial charge in [0.25, 0.3) is 0 Å². The van der Waals surface area contributed by atoms with Gasteiger partial charge in [-0.25, -0.2) is 13.4 Å². The highest BCUT2D eigenvalue weighted by atomic mass is 35.5. The highest BCUT2D eigenvalue weighted by molar-refractivity contribution is 7.89. The first kappa shape index (κ1) is 17.4. The predicted molar refractivity (Wildman–Crippen MR) is 90.4 cm³/mol. The number of pyridine rings is 1. The van der Waals surface area contributed by atoms with E-state index in [2.05, 4.69) is 4.98 Å². The van der Waals surface area contributed by atoms with E-state index in [-0.39, 0.29) is 10.8 Å². The average molecular weight is 389 g/mol. The van der Waals surface area contributed by atoms with Gasteiger partial charge in [-0.3, -0.25) is 0 Å². The number of rotatable bonds is 4. The number of hydrogen-bond donors (Lipinski definition) is 0. The summed E-state index contributed by atoms with van der Waals surface area (Å²) in [7, 11) is -3.57. The van der Waals surface area contributed by atoms with Crippen molar-refractivity contribution < 1.29 is 17.9 Å². The zero-order chi connectivity index (χ0) is 17.2. The van der Waals surface area contributed by atoms with Gasteiger partial charge in [0.05, 0.1) is 29.5 Å². The van der Waals surface area contributed by atoms with E-state index in [0.29, 0.717) is 42.1 Å². The summed E-state index contributed by atoms with van der Waals surface area (Å²) in [6.07, 6.45) is 1.28. The average Bonchev–Trinajstić information content (AvgIpc) is 2.59. The molecule has 128 valence electrons. The molecule has 6 nitrogen and oxygen atoms in total. The Morgan fingerprint density at radius 3 is 2.46 bits per heavy atom. The van der Waals surface area contributed by atoms with Crippen LogP contribution in [0.3, 0.4) is 0 Å². The quantitative estimate of drug-likeness (QED) is 0.804. The van der Waals surface area contributed by atoms with Crippen molar-refractivity contribution in [3.8, 4) is 11.6 Å². The van der Waals surface area contributed by atoms with Gasteiger partial charge in [-0.15, -0.1) is 0 Å². The number of aromatic nitrogens is 1. The molecule has 1 aliphatic heterocycles.